The topological polar surface area (TPSA) is 137 Å². The van der Waals surface area contributed by atoms with Crippen LogP contribution in [0.3, 0.4) is 0 Å². The quantitative estimate of drug-likeness (QED) is 0.399. The molecule has 0 bridgehead atoms. The lowest BCUT2D eigenvalue weighted by Gasteiger charge is -2.25. The molecule has 0 aliphatic rings. The molecule has 31 heavy (non-hydrogen) atoms. The van der Waals surface area contributed by atoms with E-state index in [1.165, 1.54) is 41.6 Å². The third-order valence-electron chi connectivity index (χ3n) is 4.74. The van der Waals surface area contributed by atoms with Gasteiger partial charge in [0.25, 0.3) is 17.3 Å². The van der Waals surface area contributed by atoms with E-state index in [1.54, 1.807) is 37.7 Å². The highest BCUT2D eigenvalue weighted by Gasteiger charge is 2.24. The minimum Gasteiger partial charge on any atom is -0.335 e. The number of carbonyl (C=O) groups excluding carboxylic acids is 1. The van der Waals surface area contributed by atoms with E-state index in [0.717, 1.165) is 11.8 Å². The van der Waals surface area contributed by atoms with Crippen molar-refractivity contribution in [1.82, 2.24) is 19.7 Å². The standard InChI is InChI=1S/C19H18N6O5S/c1-12(13-5-4-6-15(9-13)24(27)28)23(3)18(26)14-7-8-17(16(10-14)25(29)30)31-19-21-20-11-22(19)2/h4-12H,1-3H3. The van der Waals surface area contributed by atoms with Gasteiger partial charge in [0.1, 0.15) is 6.33 Å². The Morgan fingerprint density at radius 1 is 1.16 bits per heavy atom. The highest BCUT2D eigenvalue weighted by Crippen LogP contribution is 2.35. The normalized spacial score (nSPS) is 11.7. The van der Waals surface area contributed by atoms with Crippen molar-refractivity contribution in [3.63, 3.8) is 0 Å². The fourth-order valence-corrected chi connectivity index (χ4v) is 3.69. The van der Waals surface area contributed by atoms with Gasteiger partial charge in [0.15, 0.2) is 5.16 Å². The Morgan fingerprint density at radius 3 is 2.52 bits per heavy atom. The SMILES string of the molecule is CC(c1cccc([N+](=O)[O-])c1)N(C)C(=O)c1ccc(Sc2nncn2C)c([N+](=O)[O-])c1. The van der Waals surface area contributed by atoms with Gasteiger partial charge in [-0.25, -0.2) is 0 Å². The zero-order chi connectivity index (χ0) is 22.7. The van der Waals surface area contributed by atoms with Crippen LogP contribution in [0.5, 0.6) is 0 Å². The van der Waals surface area contributed by atoms with Gasteiger partial charge < -0.3 is 9.47 Å². The molecule has 0 saturated carbocycles. The first kappa shape index (κ1) is 21.9. The largest absolute Gasteiger partial charge is 0.335 e. The molecule has 1 heterocycles. The Labute approximate surface area is 181 Å². The predicted octanol–water partition coefficient (Wildman–Crippen LogP) is 3.62. The van der Waals surface area contributed by atoms with Crippen molar-refractivity contribution in [3.05, 3.63) is 80.1 Å². The summed E-state index contributed by atoms with van der Waals surface area (Å²) < 4.78 is 1.63. The number of aromatic nitrogens is 3. The smallest absolute Gasteiger partial charge is 0.284 e. The summed E-state index contributed by atoms with van der Waals surface area (Å²) in [5, 5.41) is 30.7. The first-order chi connectivity index (χ1) is 14.7. The zero-order valence-corrected chi connectivity index (χ0v) is 17.6. The Kier molecular flexibility index (Phi) is 6.30. The molecule has 0 aliphatic heterocycles. The molecular weight excluding hydrogens is 424 g/mol. The monoisotopic (exact) mass is 442 g/mol. The number of rotatable bonds is 7. The van der Waals surface area contributed by atoms with Crippen molar-refractivity contribution >= 4 is 29.0 Å². The summed E-state index contributed by atoms with van der Waals surface area (Å²) in [4.78, 5) is 36.2. The Bertz CT molecular complexity index is 1160. The van der Waals surface area contributed by atoms with Gasteiger partial charge in [-0.2, -0.15) is 0 Å². The molecule has 0 fully saturated rings. The molecular formula is C19H18N6O5S. The lowest BCUT2D eigenvalue weighted by Crippen LogP contribution is -2.29. The van der Waals surface area contributed by atoms with Crippen LogP contribution >= 0.6 is 11.8 Å². The molecule has 0 saturated heterocycles. The summed E-state index contributed by atoms with van der Waals surface area (Å²) >= 11 is 1.07. The third kappa shape index (κ3) is 4.69. The number of nitrogens with zero attached hydrogens (tertiary/aromatic N) is 6. The van der Waals surface area contributed by atoms with Gasteiger partial charge in [0.05, 0.1) is 20.8 Å². The fraction of sp³-hybridized carbons (Fsp3) is 0.211. The van der Waals surface area contributed by atoms with E-state index >= 15 is 0 Å². The number of carbonyl (C=O) groups is 1. The summed E-state index contributed by atoms with van der Waals surface area (Å²) in [5.74, 6) is -0.447. The van der Waals surface area contributed by atoms with Crippen LogP contribution in [0.15, 0.2) is 58.8 Å². The van der Waals surface area contributed by atoms with E-state index in [4.69, 9.17) is 0 Å². The molecule has 11 nitrogen and oxygen atoms in total. The molecule has 1 unspecified atom stereocenters. The molecule has 0 aliphatic carbocycles. The number of nitro benzene ring substituents is 2. The molecule has 0 N–H and O–H groups in total. The molecule has 160 valence electrons. The van der Waals surface area contributed by atoms with Gasteiger partial charge in [0, 0.05) is 37.9 Å². The maximum absolute atomic E-state index is 13.0. The van der Waals surface area contributed by atoms with Crippen molar-refractivity contribution in [2.45, 2.75) is 23.0 Å². The van der Waals surface area contributed by atoms with Gasteiger partial charge in [-0.05, 0) is 36.4 Å². The van der Waals surface area contributed by atoms with Crippen LogP contribution in [0.1, 0.15) is 28.9 Å². The van der Waals surface area contributed by atoms with Crippen molar-refractivity contribution in [2.75, 3.05) is 7.05 Å². The molecule has 3 aromatic rings. The second-order valence-corrected chi connectivity index (χ2v) is 7.72. The van der Waals surface area contributed by atoms with Crippen molar-refractivity contribution in [1.29, 1.82) is 0 Å². The molecule has 1 amide bonds. The van der Waals surface area contributed by atoms with Gasteiger partial charge >= 0.3 is 0 Å². The van der Waals surface area contributed by atoms with Crippen LogP contribution in [-0.2, 0) is 7.05 Å². The van der Waals surface area contributed by atoms with Crippen LogP contribution in [-0.4, -0.2) is 42.5 Å². The average molecular weight is 442 g/mol. The average Bonchev–Trinajstić information content (AvgIpc) is 3.16. The summed E-state index contributed by atoms with van der Waals surface area (Å²) in [6.45, 7) is 1.73. The summed E-state index contributed by atoms with van der Waals surface area (Å²) in [6.07, 6.45) is 1.48. The number of aryl methyl sites for hydroxylation is 1. The van der Waals surface area contributed by atoms with Gasteiger partial charge in [-0.1, -0.05) is 12.1 Å². The molecule has 0 spiro atoms. The van der Waals surface area contributed by atoms with E-state index in [1.807, 2.05) is 0 Å². The predicted molar refractivity (Wildman–Crippen MR) is 112 cm³/mol. The molecule has 1 atom stereocenters. The second-order valence-electron chi connectivity index (χ2n) is 6.71. The van der Waals surface area contributed by atoms with E-state index in [2.05, 4.69) is 10.2 Å². The lowest BCUT2D eigenvalue weighted by molar-refractivity contribution is -0.387. The Morgan fingerprint density at radius 2 is 1.90 bits per heavy atom. The molecule has 3 rings (SSSR count). The first-order valence-electron chi connectivity index (χ1n) is 9.01. The number of benzene rings is 2. The fourth-order valence-electron chi connectivity index (χ4n) is 2.84. The van der Waals surface area contributed by atoms with Crippen molar-refractivity contribution < 1.29 is 14.6 Å². The first-order valence-corrected chi connectivity index (χ1v) is 9.82. The van der Waals surface area contributed by atoms with Crippen LogP contribution in [0.2, 0.25) is 0 Å². The highest BCUT2D eigenvalue weighted by atomic mass is 32.2. The van der Waals surface area contributed by atoms with Crippen molar-refractivity contribution in [2.24, 2.45) is 7.05 Å². The van der Waals surface area contributed by atoms with E-state index in [0.29, 0.717) is 15.6 Å². The molecule has 1 aromatic heterocycles. The number of nitro groups is 2. The molecule has 2 aromatic carbocycles. The van der Waals surface area contributed by atoms with Crippen molar-refractivity contribution in [3.8, 4) is 0 Å². The Hall–Kier alpha value is -3.80. The Balaban J connectivity index is 1.87. The zero-order valence-electron chi connectivity index (χ0n) is 16.8. The number of hydrogen-bond donors (Lipinski definition) is 0. The number of hydrogen-bond acceptors (Lipinski definition) is 8. The van der Waals surface area contributed by atoms with E-state index < -0.39 is 21.8 Å². The maximum atomic E-state index is 13.0. The van der Waals surface area contributed by atoms with Gasteiger partial charge in [-0.3, -0.25) is 25.0 Å². The van der Waals surface area contributed by atoms with Crippen LogP contribution in [0.4, 0.5) is 11.4 Å². The summed E-state index contributed by atoms with van der Waals surface area (Å²) in [5.41, 5.74) is 0.407. The van der Waals surface area contributed by atoms with E-state index in [9.17, 15) is 25.0 Å². The second kappa shape index (κ2) is 8.92. The van der Waals surface area contributed by atoms with Crippen LogP contribution < -0.4 is 0 Å². The minimum atomic E-state index is -0.556. The summed E-state index contributed by atoms with van der Waals surface area (Å²) in [6, 6.07) is 9.74. The summed E-state index contributed by atoms with van der Waals surface area (Å²) in [7, 11) is 3.26. The highest BCUT2D eigenvalue weighted by molar-refractivity contribution is 7.99. The van der Waals surface area contributed by atoms with E-state index in [-0.39, 0.29) is 16.9 Å². The molecule has 0 radical (unpaired) electrons. The van der Waals surface area contributed by atoms with Gasteiger partial charge in [-0.15, -0.1) is 10.2 Å². The minimum absolute atomic E-state index is 0.0778. The van der Waals surface area contributed by atoms with Crippen LogP contribution in [0.25, 0.3) is 0 Å². The maximum Gasteiger partial charge on any atom is 0.284 e. The number of non-ortho nitro benzene ring substituents is 1. The molecule has 12 heteroatoms. The number of amides is 1. The third-order valence-corrected chi connectivity index (χ3v) is 5.86. The lowest BCUT2D eigenvalue weighted by atomic mass is 10.1. The van der Waals surface area contributed by atoms with Gasteiger partial charge in [0.2, 0.25) is 0 Å². The van der Waals surface area contributed by atoms with Crippen LogP contribution in [0, 0.1) is 20.2 Å².